The molecule has 27 heavy (non-hydrogen) atoms. The summed E-state index contributed by atoms with van der Waals surface area (Å²) >= 11 is 2.19. The highest BCUT2D eigenvalue weighted by Gasteiger charge is 2.22. The van der Waals surface area contributed by atoms with Crippen molar-refractivity contribution in [3.63, 3.8) is 0 Å². The van der Waals surface area contributed by atoms with Gasteiger partial charge >= 0.3 is 5.97 Å². The van der Waals surface area contributed by atoms with Crippen molar-refractivity contribution in [3.05, 3.63) is 62.7 Å². The molecule has 0 aliphatic carbocycles. The quantitative estimate of drug-likeness (QED) is 0.343. The Balaban J connectivity index is 1.94. The van der Waals surface area contributed by atoms with E-state index in [1.54, 1.807) is 26.4 Å². The molecule has 2 aromatic carbocycles. The Morgan fingerprint density at radius 1 is 1.11 bits per heavy atom. The van der Waals surface area contributed by atoms with Crippen LogP contribution in [0.3, 0.4) is 0 Å². The second-order valence-corrected chi connectivity index (χ2v) is 6.86. The first-order valence-electron chi connectivity index (χ1n) is 8.36. The van der Waals surface area contributed by atoms with Crippen LogP contribution in [0.25, 0.3) is 11.8 Å². The minimum absolute atomic E-state index is 0.385. The maximum atomic E-state index is 12.3. The number of carbonyl (C=O) groups excluding carboxylic acids is 1. The van der Waals surface area contributed by atoms with Gasteiger partial charge in [-0.05, 0) is 83.6 Å². The van der Waals surface area contributed by atoms with Crippen LogP contribution in [0.15, 0.2) is 48.0 Å². The molecule has 0 bridgehead atoms. The van der Waals surface area contributed by atoms with Gasteiger partial charge in [-0.25, -0.2) is 4.79 Å². The predicted octanol–water partition coefficient (Wildman–Crippen LogP) is 4.69. The molecule has 0 amide bonds. The molecule has 0 N–H and O–H groups in total. The van der Waals surface area contributed by atoms with Crippen molar-refractivity contribution >= 4 is 40.4 Å². The van der Waals surface area contributed by atoms with Crippen molar-refractivity contribution < 1.29 is 23.7 Å². The highest BCUT2D eigenvalue weighted by molar-refractivity contribution is 14.1. The third-order valence-corrected chi connectivity index (χ3v) is 4.76. The molecule has 0 spiro atoms. The van der Waals surface area contributed by atoms with Crippen LogP contribution in [0.5, 0.6) is 17.2 Å². The summed E-state index contributed by atoms with van der Waals surface area (Å²) in [6, 6.07) is 11.1. The van der Waals surface area contributed by atoms with Gasteiger partial charge < -0.3 is 18.9 Å². The van der Waals surface area contributed by atoms with Crippen LogP contribution in [0, 0.1) is 3.57 Å². The summed E-state index contributed by atoms with van der Waals surface area (Å²) in [5, 5.41) is 0. The average molecular weight is 478 g/mol. The molecule has 5 nitrogen and oxygen atoms in total. The van der Waals surface area contributed by atoms with E-state index in [0.717, 1.165) is 20.4 Å². The fourth-order valence-corrected chi connectivity index (χ4v) is 3.54. The lowest BCUT2D eigenvalue weighted by molar-refractivity contribution is -0.130. The number of hydrogen-bond donors (Lipinski definition) is 0. The second kappa shape index (κ2) is 8.47. The van der Waals surface area contributed by atoms with Gasteiger partial charge in [-0.2, -0.15) is 0 Å². The lowest BCUT2D eigenvalue weighted by Gasteiger charge is -2.12. The van der Waals surface area contributed by atoms with Gasteiger partial charge in [0, 0.05) is 5.56 Å². The number of esters is 1. The van der Waals surface area contributed by atoms with Crippen molar-refractivity contribution in [1.82, 2.24) is 0 Å². The zero-order valence-electron chi connectivity index (χ0n) is 15.2. The smallest absolute Gasteiger partial charge is 0.343 e. The van der Waals surface area contributed by atoms with Gasteiger partial charge in [0.2, 0.25) is 0 Å². The fourth-order valence-electron chi connectivity index (χ4n) is 2.70. The van der Waals surface area contributed by atoms with Gasteiger partial charge in [-0.15, -0.1) is 0 Å². The maximum absolute atomic E-state index is 12.3. The molecule has 0 fully saturated rings. The fraction of sp³-hybridized carbons (Fsp3) is 0.190. The summed E-state index contributed by atoms with van der Waals surface area (Å²) in [6.45, 7) is 2.44. The molecule has 1 aliphatic rings. The number of cyclic esters (lactones) is 1. The van der Waals surface area contributed by atoms with Crippen LogP contribution in [0.1, 0.15) is 18.1 Å². The average Bonchev–Trinajstić information content (AvgIpc) is 3.02. The first-order chi connectivity index (χ1) is 13.0. The molecule has 0 radical (unpaired) electrons. The Kier molecular flexibility index (Phi) is 6.05. The summed E-state index contributed by atoms with van der Waals surface area (Å²) in [4.78, 5) is 12.3. The van der Waals surface area contributed by atoms with Crippen LogP contribution in [0.2, 0.25) is 0 Å². The highest BCUT2D eigenvalue weighted by atomic mass is 127. The minimum atomic E-state index is -0.385. The highest BCUT2D eigenvalue weighted by Crippen LogP contribution is 2.35. The van der Waals surface area contributed by atoms with Gasteiger partial charge in [0.05, 0.1) is 30.0 Å². The van der Waals surface area contributed by atoms with Crippen molar-refractivity contribution in [2.75, 3.05) is 20.8 Å². The normalized spacial score (nSPS) is 14.7. The molecule has 1 aliphatic heterocycles. The first kappa shape index (κ1) is 19.3. The topological polar surface area (TPSA) is 54.0 Å². The van der Waals surface area contributed by atoms with Crippen molar-refractivity contribution in [3.8, 4) is 17.2 Å². The first-order valence-corrected chi connectivity index (χ1v) is 9.44. The number of rotatable bonds is 6. The molecule has 2 aromatic rings. The molecule has 0 saturated carbocycles. The van der Waals surface area contributed by atoms with Crippen molar-refractivity contribution in [2.45, 2.75) is 6.92 Å². The van der Waals surface area contributed by atoms with E-state index in [-0.39, 0.29) is 5.97 Å². The molecular formula is C21H19IO5. The number of carbonyl (C=O) groups is 1. The molecule has 0 atom stereocenters. The number of halogens is 1. The van der Waals surface area contributed by atoms with Gasteiger partial charge in [0.1, 0.15) is 11.5 Å². The van der Waals surface area contributed by atoms with Crippen molar-refractivity contribution in [2.24, 2.45) is 0 Å². The van der Waals surface area contributed by atoms with E-state index in [4.69, 9.17) is 18.9 Å². The van der Waals surface area contributed by atoms with E-state index in [2.05, 4.69) is 22.6 Å². The van der Waals surface area contributed by atoms with Crippen LogP contribution < -0.4 is 14.2 Å². The number of hydrogen-bond acceptors (Lipinski definition) is 5. The lowest BCUT2D eigenvalue weighted by Crippen LogP contribution is -1.99. The second-order valence-electron chi connectivity index (χ2n) is 5.69. The van der Waals surface area contributed by atoms with Gasteiger partial charge in [0.25, 0.3) is 0 Å². The summed E-state index contributed by atoms with van der Waals surface area (Å²) in [6.07, 6.45) is 3.52. The number of ether oxygens (including phenoxy) is 4. The van der Waals surface area contributed by atoms with Crippen LogP contribution in [-0.4, -0.2) is 26.8 Å². The van der Waals surface area contributed by atoms with Crippen LogP contribution in [0.4, 0.5) is 0 Å². The Hall–Kier alpha value is -2.48. The standard InChI is InChI=1S/C21H19IO5/c1-4-26-19-11-13(10-17(22)20(19)25-3)9-15-12-18(27-21(15)23)14-5-7-16(24-2)8-6-14/h5-12H,4H2,1-3H3/b15-9+. The van der Waals surface area contributed by atoms with E-state index < -0.39 is 0 Å². The van der Waals surface area contributed by atoms with Gasteiger partial charge in [0.15, 0.2) is 11.5 Å². The monoisotopic (exact) mass is 478 g/mol. The molecule has 0 unspecified atom stereocenters. The Labute approximate surface area is 171 Å². The number of benzene rings is 2. The zero-order valence-corrected chi connectivity index (χ0v) is 17.4. The largest absolute Gasteiger partial charge is 0.497 e. The van der Waals surface area contributed by atoms with Gasteiger partial charge in [-0.1, -0.05) is 0 Å². The van der Waals surface area contributed by atoms with Crippen LogP contribution >= 0.6 is 22.6 Å². The molecule has 1 heterocycles. The third kappa shape index (κ3) is 4.27. The Morgan fingerprint density at radius 2 is 1.85 bits per heavy atom. The van der Waals surface area contributed by atoms with Gasteiger partial charge in [-0.3, -0.25) is 0 Å². The van der Waals surface area contributed by atoms with Crippen molar-refractivity contribution in [1.29, 1.82) is 0 Å². The summed E-state index contributed by atoms with van der Waals surface area (Å²) < 4.78 is 22.5. The Bertz CT molecular complexity index is 913. The van der Waals surface area contributed by atoms with E-state index in [9.17, 15) is 4.79 Å². The SMILES string of the molecule is CCOc1cc(/C=C2\C=C(c3ccc(OC)cc3)OC2=O)cc(I)c1OC. The Morgan fingerprint density at radius 3 is 2.48 bits per heavy atom. The molecular weight excluding hydrogens is 459 g/mol. The van der Waals surface area contributed by atoms with E-state index in [1.165, 1.54) is 0 Å². The predicted molar refractivity (Wildman–Crippen MR) is 112 cm³/mol. The van der Waals surface area contributed by atoms with E-state index >= 15 is 0 Å². The molecule has 0 saturated heterocycles. The van der Waals surface area contributed by atoms with E-state index in [0.29, 0.717) is 29.4 Å². The molecule has 6 heteroatoms. The zero-order chi connectivity index (χ0) is 19.4. The summed E-state index contributed by atoms with van der Waals surface area (Å²) in [7, 11) is 3.22. The molecule has 3 rings (SSSR count). The third-order valence-electron chi connectivity index (χ3n) is 3.96. The van der Waals surface area contributed by atoms with E-state index in [1.807, 2.05) is 43.3 Å². The lowest BCUT2D eigenvalue weighted by atomic mass is 10.1. The maximum Gasteiger partial charge on any atom is 0.343 e. The minimum Gasteiger partial charge on any atom is -0.497 e. The summed E-state index contributed by atoms with van der Waals surface area (Å²) in [5.74, 6) is 2.20. The molecule has 0 aromatic heterocycles. The summed E-state index contributed by atoms with van der Waals surface area (Å²) in [5.41, 5.74) is 2.12. The van der Waals surface area contributed by atoms with Crippen LogP contribution in [-0.2, 0) is 9.53 Å². The molecule has 140 valence electrons. The number of methoxy groups -OCH3 is 2.